The predicted molar refractivity (Wildman–Crippen MR) is 115 cm³/mol. The van der Waals surface area contributed by atoms with Crippen molar-refractivity contribution < 1.29 is 19.5 Å². The lowest BCUT2D eigenvalue weighted by atomic mass is 9.77. The summed E-state index contributed by atoms with van der Waals surface area (Å²) in [5.74, 6) is 0.0544. The number of carbonyl (C=O) groups is 3. The molecule has 3 heterocycles. The lowest BCUT2D eigenvalue weighted by Crippen LogP contribution is -2.46. The molecule has 0 atom stereocenters. The Morgan fingerprint density at radius 3 is 2.27 bits per heavy atom. The average molecular weight is 423 g/mol. The Morgan fingerprint density at radius 1 is 1.13 bits per heavy atom. The van der Waals surface area contributed by atoms with Crippen LogP contribution in [0.5, 0.6) is 0 Å². The number of rotatable bonds is 3. The van der Waals surface area contributed by atoms with Crippen molar-refractivity contribution >= 4 is 39.5 Å². The Balaban J connectivity index is 1.44. The SMILES string of the molecule is Cc1c(C2CC(N3C(=O)c4ccccc4C3=O)C2)sc2c1c(C(C)C)cn2C(=O)O. The molecule has 1 aliphatic carbocycles. The van der Waals surface area contributed by atoms with E-state index in [9.17, 15) is 19.5 Å². The monoisotopic (exact) mass is 422 g/mol. The summed E-state index contributed by atoms with van der Waals surface area (Å²) in [6, 6.07) is 6.87. The molecule has 5 rings (SSSR count). The van der Waals surface area contributed by atoms with Crippen LogP contribution in [0.3, 0.4) is 0 Å². The second-order valence-electron chi connectivity index (χ2n) is 8.51. The summed E-state index contributed by atoms with van der Waals surface area (Å²) in [4.78, 5) is 40.5. The highest BCUT2D eigenvalue weighted by Crippen LogP contribution is 2.49. The summed E-state index contributed by atoms with van der Waals surface area (Å²) in [7, 11) is 0. The highest BCUT2D eigenvalue weighted by atomic mass is 32.1. The molecule has 154 valence electrons. The van der Waals surface area contributed by atoms with Crippen molar-refractivity contribution in [1.82, 2.24) is 9.47 Å². The third kappa shape index (κ3) is 2.51. The molecule has 3 aromatic rings. The molecule has 1 saturated carbocycles. The van der Waals surface area contributed by atoms with Crippen LogP contribution in [0.2, 0.25) is 0 Å². The van der Waals surface area contributed by atoms with Crippen molar-refractivity contribution in [2.75, 3.05) is 0 Å². The van der Waals surface area contributed by atoms with Gasteiger partial charge in [-0.05, 0) is 54.9 Å². The second kappa shape index (κ2) is 6.54. The van der Waals surface area contributed by atoms with Gasteiger partial charge in [0.25, 0.3) is 11.8 Å². The molecular formula is C23H22N2O4S. The van der Waals surface area contributed by atoms with E-state index in [2.05, 4.69) is 20.8 Å². The van der Waals surface area contributed by atoms with Gasteiger partial charge in [-0.15, -0.1) is 11.3 Å². The number of fused-ring (bicyclic) bond motifs is 2. The van der Waals surface area contributed by atoms with Crippen LogP contribution in [0.4, 0.5) is 4.79 Å². The molecule has 2 amide bonds. The summed E-state index contributed by atoms with van der Waals surface area (Å²) in [5, 5.41) is 10.6. The zero-order valence-electron chi connectivity index (χ0n) is 17.0. The first kappa shape index (κ1) is 19.1. The van der Waals surface area contributed by atoms with Crippen LogP contribution in [0.1, 0.15) is 75.2 Å². The summed E-state index contributed by atoms with van der Waals surface area (Å²) in [6.07, 6.45) is 2.20. The number of imide groups is 1. The van der Waals surface area contributed by atoms with Gasteiger partial charge in [0.15, 0.2) is 0 Å². The van der Waals surface area contributed by atoms with E-state index in [0.29, 0.717) is 11.1 Å². The highest BCUT2D eigenvalue weighted by molar-refractivity contribution is 7.19. The van der Waals surface area contributed by atoms with Crippen LogP contribution in [0, 0.1) is 6.92 Å². The van der Waals surface area contributed by atoms with Crippen molar-refractivity contribution in [3.8, 4) is 0 Å². The molecule has 0 saturated heterocycles. The minimum atomic E-state index is -0.975. The number of thiophene rings is 1. The Bertz CT molecular complexity index is 1190. The number of aryl methyl sites for hydroxylation is 1. The van der Waals surface area contributed by atoms with Crippen molar-refractivity contribution in [2.45, 2.75) is 51.5 Å². The number of carbonyl (C=O) groups excluding carboxylic acids is 2. The first-order valence-corrected chi connectivity index (χ1v) is 11.0. The van der Waals surface area contributed by atoms with Crippen molar-refractivity contribution in [3.63, 3.8) is 0 Å². The molecule has 2 aliphatic rings. The fourth-order valence-corrected chi connectivity index (χ4v) is 6.23. The Labute approximate surface area is 177 Å². The van der Waals surface area contributed by atoms with Crippen molar-refractivity contribution in [3.05, 3.63) is 57.6 Å². The number of benzene rings is 1. The number of amides is 2. The predicted octanol–water partition coefficient (Wildman–Crippen LogP) is 5.20. The summed E-state index contributed by atoms with van der Waals surface area (Å²) < 4.78 is 1.33. The van der Waals surface area contributed by atoms with Gasteiger partial charge in [0.05, 0.1) is 11.1 Å². The minimum absolute atomic E-state index is 0.102. The quantitative estimate of drug-likeness (QED) is 0.588. The number of aromatic nitrogens is 1. The van der Waals surface area contributed by atoms with Crippen LogP contribution < -0.4 is 0 Å². The number of hydrogen-bond acceptors (Lipinski definition) is 4. The molecule has 1 aromatic carbocycles. The maximum absolute atomic E-state index is 12.7. The molecule has 0 unspecified atom stereocenters. The van der Waals surface area contributed by atoms with E-state index in [1.807, 2.05) is 0 Å². The van der Waals surface area contributed by atoms with Crippen LogP contribution in [-0.4, -0.2) is 38.5 Å². The van der Waals surface area contributed by atoms with E-state index in [1.165, 1.54) is 25.7 Å². The number of hydrogen-bond donors (Lipinski definition) is 1. The highest BCUT2D eigenvalue weighted by Gasteiger charge is 2.46. The number of nitrogens with zero attached hydrogens (tertiary/aromatic N) is 2. The zero-order valence-corrected chi connectivity index (χ0v) is 17.8. The van der Waals surface area contributed by atoms with Gasteiger partial charge in [0, 0.05) is 22.5 Å². The molecule has 6 nitrogen and oxygen atoms in total. The molecule has 7 heteroatoms. The molecule has 1 N–H and O–H groups in total. The summed E-state index contributed by atoms with van der Waals surface area (Å²) in [6.45, 7) is 6.19. The summed E-state index contributed by atoms with van der Waals surface area (Å²) in [5.41, 5.74) is 3.15. The Morgan fingerprint density at radius 2 is 1.73 bits per heavy atom. The van der Waals surface area contributed by atoms with Crippen LogP contribution in [0.15, 0.2) is 30.5 Å². The fraction of sp³-hybridized carbons (Fsp3) is 0.348. The largest absolute Gasteiger partial charge is 0.464 e. The molecule has 0 radical (unpaired) electrons. The van der Waals surface area contributed by atoms with E-state index in [1.54, 1.807) is 30.5 Å². The maximum atomic E-state index is 12.7. The van der Waals surface area contributed by atoms with Gasteiger partial charge in [-0.2, -0.15) is 0 Å². The van der Waals surface area contributed by atoms with Crippen molar-refractivity contribution in [2.24, 2.45) is 0 Å². The maximum Gasteiger partial charge on any atom is 0.416 e. The van der Waals surface area contributed by atoms with Gasteiger partial charge >= 0.3 is 6.09 Å². The average Bonchev–Trinajstić information content (AvgIpc) is 3.28. The fourth-order valence-electron chi connectivity index (χ4n) is 4.81. The van der Waals surface area contributed by atoms with Crippen molar-refractivity contribution in [1.29, 1.82) is 0 Å². The molecule has 2 aromatic heterocycles. The zero-order chi connectivity index (χ0) is 21.3. The Kier molecular flexibility index (Phi) is 4.15. The molecule has 1 aliphatic heterocycles. The Hall–Kier alpha value is -2.93. The van der Waals surface area contributed by atoms with E-state index < -0.39 is 6.09 Å². The van der Waals surface area contributed by atoms with Gasteiger partial charge < -0.3 is 5.11 Å². The first-order valence-electron chi connectivity index (χ1n) is 10.1. The molecule has 0 spiro atoms. The lowest BCUT2D eigenvalue weighted by molar-refractivity contribution is 0.0479. The van der Waals surface area contributed by atoms with E-state index in [0.717, 1.165) is 34.2 Å². The van der Waals surface area contributed by atoms with Gasteiger partial charge in [0.2, 0.25) is 0 Å². The van der Waals surface area contributed by atoms with Gasteiger partial charge in [-0.1, -0.05) is 26.0 Å². The van der Waals surface area contributed by atoms with Crippen LogP contribution in [0.25, 0.3) is 10.2 Å². The molecular weight excluding hydrogens is 400 g/mol. The standard InChI is InChI=1S/C23H22N2O4S/c1-11(2)17-10-24(23(28)29)22-18(17)12(3)19(30-22)13-8-14(9-13)25-20(26)15-6-4-5-7-16(15)21(25)27/h4-7,10-11,13-14H,8-9H2,1-3H3,(H,28,29). The third-order valence-corrected chi connectivity index (χ3v) is 7.90. The van der Waals surface area contributed by atoms with E-state index in [4.69, 9.17) is 0 Å². The topological polar surface area (TPSA) is 79.6 Å². The van der Waals surface area contributed by atoms with Gasteiger partial charge in [0.1, 0.15) is 4.83 Å². The smallest absolute Gasteiger partial charge is 0.416 e. The van der Waals surface area contributed by atoms with Crippen LogP contribution in [-0.2, 0) is 0 Å². The molecule has 1 fully saturated rings. The van der Waals surface area contributed by atoms with Crippen LogP contribution >= 0.6 is 11.3 Å². The first-order chi connectivity index (χ1) is 14.3. The minimum Gasteiger partial charge on any atom is -0.464 e. The van der Waals surface area contributed by atoms with Gasteiger partial charge in [-0.25, -0.2) is 9.36 Å². The van der Waals surface area contributed by atoms with E-state index in [-0.39, 0.29) is 29.7 Å². The number of carboxylic acid groups (broad SMARTS) is 1. The third-order valence-electron chi connectivity index (χ3n) is 6.44. The molecule has 30 heavy (non-hydrogen) atoms. The van der Waals surface area contributed by atoms with E-state index >= 15 is 0 Å². The normalized spacial score (nSPS) is 20.9. The van der Waals surface area contributed by atoms with Gasteiger partial charge in [-0.3, -0.25) is 14.5 Å². The summed E-state index contributed by atoms with van der Waals surface area (Å²) >= 11 is 1.53. The molecule has 0 bridgehead atoms. The second-order valence-corrected chi connectivity index (χ2v) is 9.54. The lowest BCUT2D eigenvalue weighted by Gasteiger charge is -2.40.